The topological polar surface area (TPSA) is 146 Å². The molecule has 1 aromatic carbocycles. The van der Waals surface area contributed by atoms with Gasteiger partial charge >= 0.3 is 6.03 Å². The molecule has 10 heteroatoms. The van der Waals surface area contributed by atoms with Crippen molar-refractivity contribution in [1.29, 1.82) is 0 Å². The maximum absolute atomic E-state index is 12.7. The first-order valence-corrected chi connectivity index (χ1v) is 10.6. The van der Waals surface area contributed by atoms with Crippen molar-refractivity contribution in [3.63, 3.8) is 0 Å². The molecule has 174 valence electrons. The van der Waals surface area contributed by atoms with Crippen LogP contribution in [0.5, 0.6) is 11.5 Å². The van der Waals surface area contributed by atoms with Crippen LogP contribution in [0.2, 0.25) is 0 Å². The van der Waals surface area contributed by atoms with Gasteiger partial charge in [-0.1, -0.05) is 39.0 Å². The first-order valence-electron chi connectivity index (χ1n) is 10.6. The zero-order valence-electron chi connectivity index (χ0n) is 19.1. The number of anilines is 4. The van der Waals surface area contributed by atoms with Crippen molar-refractivity contribution < 1.29 is 9.53 Å². The van der Waals surface area contributed by atoms with E-state index in [0.717, 1.165) is 11.4 Å². The molecule has 0 aliphatic rings. The molecule has 0 saturated carbocycles. The van der Waals surface area contributed by atoms with Gasteiger partial charge in [-0.2, -0.15) is 5.10 Å². The molecular formula is C24H26N8O2. The number of nitrogens with zero attached hydrogens (tertiary/aromatic N) is 4. The van der Waals surface area contributed by atoms with E-state index in [2.05, 4.69) is 41.4 Å². The third-order valence-corrected chi connectivity index (χ3v) is 4.91. The first kappa shape index (κ1) is 22.6. The summed E-state index contributed by atoms with van der Waals surface area (Å²) in [7, 11) is 0. The molecule has 0 saturated heterocycles. The number of nitrogens with two attached hydrogens (primary N) is 2. The van der Waals surface area contributed by atoms with Crippen LogP contribution < -0.4 is 26.8 Å². The predicted molar refractivity (Wildman–Crippen MR) is 132 cm³/mol. The highest BCUT2D eigenvalue weighted by atomic mass is 16.5. The fraction of sp³-hybridized carbons (Fsp3) is 0.167. The number of pyridine rings is 2. The van der Waals surface area contributed by atoms with Crippen LogP contribution in [0.25, 0.3) is 5.69 Å². The molecular weight excluding hydrogens is 432 g/mol. The summed E-state index contributed by atoms with van der Waals surface area (Å²) in [5, 5.41) is 10.3. The molecule has 3 heterocycles. The van der Waals surface area contributed by atoms with Crippen LogP contribution in [0.3, 0.4) is 0 Å². The highest BCUT2D eigenvalue weighted by Gasteiger charge is 2.21. The van der Waals surface area contributed by atoms with Gasteiger partial charge in [0.05, 0.1) is 17.6 Å². The molecule has 4 aromatic rings. The predicted octanol–water partition coefficient (Wildman–Crippen LogP) is 4.56. The highest BCUT2D eigenvalue weighted by molar-refractivity contribution is 5.98. The first-order chi connectivity index (χ1) is 16.2. The van der Waals surface area contributed by atoms with E-state index in [1.54, 1.807) is 22.9 Å². The Hall–Kier alpha value is -4.60. The average molecular weight is 459 g/mol. The molecule has 0 aliphatic heterocycles. The molecule has 3 aromatic heterocycles. The molecule has 0 radical (unpaired) electrons. The molecule has 0 bridgehead atoms. The Morgan fingerprint density at radius 1 is 1.00 bits per heavy atom. The van der Waals surface area contributed by atoms with Crippen molar-refractivity contribution >= 4 is 29.2 Å². The van der Waals surface area contributed by atoms with Crippen LogP contribution in [0, 0.1) is 0 Å². The Labute approximate surface area is 197 Å². The lowest BCUT2D eigenvalue weighted by Crippen LogP contribution is -2.21. The van der Waals surface area contributed by atoms with Gasteiger partial charge in [0.2, 0.25) is 0 Å². The molecule has 0 atom stereocenters. The van der Waals surface area contributed by atoms with Gasteiger partial charge in [-0.05, 0) is 24.3 Å². The molecule has 0 unspecified atom stereocenters. The second-order valence-corrected chi connectivity index (χ2v) is 8.58. The Morgan fingerprint density at radius 3 is 2.44 bits per heavy atom. The lowest BCUT2D eigenvalue weighted by molar-refractivity contribution is 0.262. The summed E-state index contributed by atoms with van der Waals surface area (Å²) in [5.41, 5.74) is 13.3. The lowest BCUT2D eigenvalue weighted by Gasteiger charge is -2.14. The van der Waals surface area contributed by atoms with Gasteiger partial charge in [0.15, 0.2) is 5.75 Å². The number of hydrogen-bond donors (Lipinski definition) is 4. The summed E-state index contributed by atoms with van der Waals surface area (Å²) in [4.78, 5) is 20.8. The van der Waals surface area contributed by atoms with Gasteiger partial charge in [-0.3, -0.25) is 10.6 Å². The highest BCUT2D eigenvalue weighted by Crippen LogP contribution is 2.30. The van der Waals surface area contributed by atoms with E-state index < -0.39 is 6.03 Å². The van der Waals surface area contributed by atoms with Crippen molar-refractivity contribution in [2.75, 3.05) is 22.1 Å². The summed E-state index contributed by atoms with van der Waals surface area (Å²) in [6.07, 6.45) is 2.97. The normalized spacial score (nSPS) is 11.1. The number of aromatic nitrogens is 4. The maximum Gasteiger partial charge on any atom is 0.326 e. The van der Waals surface area contributed by atoms with E-state index in [1.807, 2.05) is 36.4 Å². The number of hydrogen-bond acceptors (Lipinski definition) is 7. The summed E-state index contributed by atoms with van der Waals surface area (Å²) < 4.78 is 7.40. The Bertz CT molecular complexity index is 1300. The monoisotopic (exact) mass is 458 g/mol. The van der Waals surface area contributed by atoms with E-state index in [0.29, 0.717) is 23.1 Å². The Morgan fingerprint density at radius 2 is 1.76 bits per heavy atom. The quantitative estimate of drug-likeness (QED) is 0.343. The summed E-state index contributed by atoms with van der Waals surface area (Å²) in [6, 6.07) is 15.9. The number of nitrogens with one attached hydrogen (secondary N) is 2. The number of para-hydroxylation sites is 1. The van der Waals surface area contributed by atoms with Crippen LogP contribution in [0.15, 0.2) is 67.0 Å². The van der Waals surface area contributed by atoms with Crippen LogP contribution in [0.1, 0.15) is 26.5 Å². The van der Waals surface area contributed by atoms with E-state index in [9.17, 15) is 4.79 Å². The minimum Gasteiger partial charge on any atom is -0.453 e. The smallest absolute Gasteiger partial charge is 0.326 e. The number of nitrogen functional groups attached to an aromatic ring is 2. The minimum atomic E-state index is -0.454. The van der Waals surface area contributed by atoms with Gasteiger partial charge < -0.3 is 16.2 Å². The van der Waals surface area contributed by atoms with Gasteiger partial charge in [-0.25, -0.2) is 19.4 Å². The number of benzene rings is 1. The van der Waals surface area contributed by atoms with Crippen molar-refractivity contribution in [3.8, 4) is 17.2 Å². The van der Waals surface area contributed by atoms with E-state index in [-0.39, 0.29) is 16.9 Å². The second kappa shape index (κ2) is 9.10. The van der Waals surface area contributed by atoms with Gasteiger partial charge in [0, 0.05) is 23.7 Å². The van der Waals surface area contributed by atoms with Crippen LogP contribution in [0.4, 0.5) is 27.9 Å². The number of rotatable bonds is 5. The number of ether oxygens (including phenoxy) is 1. The third kappa shape index (κ3) is 5.07. The number of urea groups is 1. The van der Waals surface area contributed by atoms with Crippen molar-refractivity contribution in [1.82, 2.24) is 19.7 Å². The molecule has 0 fully saturated rings. The number of carbonyl (C=O) groups excluding carboxylic acids is 1. The lowest BCUT2D eigenvalue weighted by atomic mass is 9.92. The van der Waals surface area contributed by atoms with Crippen molar-refractivity contribution in [2.24, 2.45) is 0 Å². The Kier molecular flexibility index (Phi) is 6.05. The zero-order chi connectivity index (χ0) is 24.3. The number of amides is 2. The summed E-state index contributed by atoms with van der Waals surface area (Å²) in [6.45, 7) is 6.20. The maximum atomic E-state index is 12.7. The van der Waals surface area contributed by atoms with Crippen LogP contribution >= 0.6 is 0 Å². The zero-order valence-corrected chi connectivity index (χ0v) is 19.1. The molecule has 2 amide bonds. The average Bonchev–Trinajstić information content (AvgIpc) is 3.23. The van der Waals surface area contributed by atoms with E-state index in [4.69, 9.17) is 21.3 Å². The van der Waals surface area contributed by atoms with E-state index >= 15 is 0 Å². The van der Waals surface area contributed by atoms with Gasteiger partial charge in [-0.15, -0.1) is 0 Å². The fourth-order valence-corrected chi connectivity index (χ4v) is 3.07. The van der Waals surface area contributed by atoms with Crippen LogP contribution in [-0.4, -0.2) is 25.8 Å². The number of carbonyl (C=O) groups is 1. The van der Waals surface area contributed by atoms with Gasteiger partial charge in [0.25, 0.3) is 0 Å². The third-order valence-electron chi connectivity index (χ3n) is 4.91. The van der Waals surface area contributed by atoms with E-state index in [1.165, 1.54) is 12.4 Å². The fourth-order valence-electron chi connectivity index (χ4n) is 3.07. The summed E-state index contributed by atoms with van der Waals surface area (Å²) in [5.74, 6) is 1.87. The molecule has 0 spiro atoms. The molecule has 34 heavy (non-hydrogen) atoms. The van der Waals surface area contributed by atoms with Gasteiger partial charge in [0.1, 0.15) is 28.9 Å². The molecule has 0 aliphatic carbocycles. The molecule has 4 rings (SSSR count). The second-order valence-electron chi connectivity index (χ2n) is 8.58. The SMILES string of the molecule is CC(C)(C)c1cc(NC(=O)Nc2ccc(Oc3ccnc(N)c3N)cn2)n(-c2ccccc2)n1. The molecule has 6 N–H and O–H groups in total. The Balaban J connectivity index is 1.47. The van der Waals surface area contributed by atoms with Crippen molar-refractivity contribution in [3.05, 3.63) is 72.7 Å². The van der Waals surface area contributed by atoms with Crippen LogP contribution in [-0.2, 0) is 5.41 Å². The van der Waals surface area contributed by atoms with Crippen molar-refractivity contribution in [2.45, 2.75) is 26.2 Å². The molecule has 10 nitrogen and oxygen atoms in total. The standard InChI is InChI=1S/C24H26N8O2/c1-24(2,3)18-13-20(32(31-18)15-7-5-4-6-8-15)30-23(33)29-19-10-9-16(14-28-19)34-17-11-12-27-22(26)21(17)25/h4-14H,25H2,1-3H3,(H2,26,27)(H2,28,29,30,33). The summed E-state index contributed by atoms with van der Waals surface area (Å²) >= 11 is 0. The largest absolute Gasteiger partial charge is 0.453 e. The minimum absolute atomic E-state index is 0.185.